The van der Waals surface area contributed by atoms with Gasteiger partial charge in [0, 0.05) is 19.4 Å². The van der Waals surface area contributed by atoms with Crippen molar-refractivity contribution in [2.75, 3.05) is 7.05 Å². The van der Waals surface area contributed by atoms with E-state index in [0.717, 1.165) is 6.29 Å². The Hall–Kier alpha value is -0.860. The van der Waals surface area contributed by atoms with Crippen LogP contribution in [0.3, 0.4) is 0 Å². The van der Waals surface area contributed by atoms with Crippen LogP contribution in [0.25, 0.3) is 0 Å². The molecule has 1 unspecified atom stereocenters. The number of hydrogen-bond donors (Lipinski definition) is 1. The molecule has 10 heavy (non-hydrogen) atoms. The molecule has 3 heteroatoms. The zero-order valence-electron chi connectivity index (χ0n) is 6.39. The lowest BCUT2D eigenvalue weighted by Crippen LogP contribution is -2.25. The lowest BCUT2D eigenvalue weighted by Gasteiger charge is -2.05. The Bertz CT molecular complexity index is 123. The molecule has 0 bridgehead atoms. The topological polar surface area (TPSA) is 46.2 Å². The fraction of sp³-hybridized carbons (Fsp3) is 0.714. The summed E-state index contributed by atoms with van der Waals surface area (Å²) in [5.41, 5.74) is 0. The molecule has 1 N–H and O–H groups in total. The van der Waals surface area contributed by atoms with Crippen LogP contribution in [0.4, 0.5) is 0 Å². The highest BCUT2D eigenvalue weighted by Gasteiger charge is 2.08. The zero-order chi connectivity index (χ0) is 7.98. The molecule has 0 aliphatic rings. The highest BCUT2D eigenvalue weighted by Crippen LogP contribution is 2.02. The van der Waals surface area contributed by atoms with E-state index in [0.29, 0.717) is 12.8 Å². The maximum absolute atomic E-state index is 10.8. The van der Waals surface area contributed by atoms with E-state index >= 15 is 0 Å². The minimum absolute atomic E-state index is 0.00171. The highest BCUT2D eigenvalue weighted by atomic mass is 16.1. The van der Waals surface area contributed by atoms with Gasteiger partial charge in [-0.25, -0.2) is 0 Å². The van der Waals surface area contributed by atoms with E-state index in [1.165, 1.54) is 0 Å². The Kier molecular flexibility index (Phi) is 4.54. The summed E-state index contributed by atoms with van der Waals surface area (Å²) in [6.07, 6.45) is 1.94. The van der Waals surface area contributed by atoms with E-state index < -0.39 is 0 Å². The Labute approximate surface area is 60.8 Å². The van der Waals surface area contributed by atoms with Gasteiger partial charge in [-0.15, -0.1) is 0 Å². The molecule has 1 amide bonds. The number of aldehydes is 1. The normalized spacial score (nSPS) is 12.2. The molecule has 0 aromatic rings. The molecular weight excluding hydrogens is 130 g/mol. The van der Waals surface area contributed by atoms with Gasteiger partial charge < -0.3 is 10.1 Å². The first-order valence-electron chi connectivity index (χ1n) is 3.37. The quantitative estimate of drug-likeness (QED) is 0.577. The maximum atomic E-state index is 10.8. The van der Waals surface area contributed by atoms with Crippen LogP contribution >= 0.6 is 0 Å². The Morgan fingerprint density at radius 3 is 2.70 bits per heavy atom. The molecule has 0 aromatic carbocycles. The lowest BCUT2D eigenvalue weighted by molar-refractivity contribution is -0.124. The smallest absolute Gasteiger partial charge is 0.222 e. The van der Waals surface area contributed by atoms with E-state index in [4.69, 9.17) is 0 Å². The Balaban J connectivity index is 3.50. The minimum atomic E-state index is -0.0461. The molecule has 0 heterocycles. The molecule has 0 aromatic heterocycles. The van der Waals surface area contributed by atoms with Gasteiger partial charge in [0.05, 0.1) is 0 Å². The van der Waals surface area contributed by atoms with Gasteiger partial charge in [-0.3, -0.25) is 4.79 Å². The summed E-state index contributed by atoms with van der Waals surface area (Å²) < 4.78 is 0. The summed E-state index contributed by atoms with van der Waals surface area (Å²) in [5, 5.41) is 2.52. The molecule has 0 saturated heterocycles. The molecule has 0 aliphatic carbocycles. The second-order valence-corrected chi connectivity index (χ2v) is 2.26. The van der Waals surface area contributed by atoms with Gasteiger partial charge >= 0.3 is 0 Å². The van der Waals surface area contributed by atoms with E-state index in [2.05, 4.69) is 5.32 Å². The van der Waals surface area contributed by atoms with Gasteiger partial charge in [-0.2, -0.15) is 0 Å². The molecule has 0 aliphatic heterocycles. The molecule has 0 rings (SSSR count). The van der Waals surface area contributed by atoms with Crippen LogP contribution in [0.2, 0.25) is 0 Å². The first kappa shape index (κ1) is 9.14. The Morgan fingerprint density at radius 2 is 2.30 bits per heavy atom. The highest BCUT2D eigenvalue weighted by molar-refractivity contribution is 5.78. The summed E-state index contributed by atoms with van der Waals surface area (Å²) >= 11 is 0. The Morgan fingerprint density at radius 1 is 1.70 bits per heavy atom. The first-order chi connectivity index (χ1) is 4.72. The molecular formula is C7H13NO2. The van der Waals surface area contributed by atoms with Crippen LogP contribution in [0, 0.1) is 5.92 Å². The van der Waals surface area contributed by atoms with Crippen molar-refractivity contribution in [3.8, 4) is 0 Å². The second kappa shape index (κ2) is 4.97. The van der Waals surface area contributed by atoms with Crippen LogP contribution in [0.1, 0.15) is 19.8 Å². The third-order valence-corrected chi connectivity index (χ3v) is 1.41. The molecule has 0 saturated carbocycles. The number of carbonyl (C=O) groups is 2. The SMILES string of the molecule is CNC(=O)C(C)CCC=O. The van der Waals surface area contributed by atoms with Gasteiger partial charge in [0.15, 0.2) is 0 Å². The summed E-state index contributed by atoms with van der Waals surface area (Å²) in [4.78, 5) is 20.7. The maximum Gasteiger partial charge on any atom is 0.222 e. The summed E-state index contributed by atoms with van der Waals surface area (Å²) in [7, 11) is 1.60. The van der Waals surface area contributed by atoms with Gasteiger partial charge in [0.1, 0.15) is 6.29 Å². The number of carbonyl (C=O) groups excluding carboxylic acids is 2. The van der Waals surface area contributed by atoms with Crippen LogP contribution in [-0.4, -0.2) is 19.2 Å². The number of rotatable bonds is 4. The van der Waals surface area contributed by atoms with Gasteiger partial charge in [0.25, 0.3) is 0 Å². The summed E-state index contributed by atoms with van der Waals surface area (Å²) in [6, 6.07) is 0. The van der Waals surface area contributed by atoms with Crippen LogP contribution in [-0.2, 0) is 9.59 Å². The third-order valence-electron chi connectivity index (χ3n) is 1.41. The van der Waals surface area contributed by atoms with Crippen molar-refractivity contribution >= 4 is 12.2 Å². The fourth-order valence-corrected chi connectivity index (χ4v) is 0.696. The van der Waals surface area contributed by atoms with Crippen molar-refractivity contribution in [2.24, 2.45) is 5.92 Å². The van der Waals surface area contributed by atoms with Crippen molar-refractivity contribution in [3.05, 3.63) is 0 Å². The average molecular weight is 143 g/mol. The number of nitrogens with one attached hydrogen (secondary N) is 1. The van der Waals surface area contributed by atoms with Gasteiger partial charge in [-0.1, -0.05) is 6.92 Å². The molecule has 0 fully saturated rings. The van der Waals surface area contributed by atoms with E-state index in [9.17, 15) is 9.59 Å². The van der Waals surface area contributed by atoms with Crippen molar-refractivity contribution < 1.29 is 9.59 Å². The minimum Gasteiger partial charge on any atom is -0.359 e. The second-order valence-electron chi connectivity index (χ2n) is 2.26. The van der Waals surface area contributed by atoms with Crippen molar-refractivity contribution in [1.82, 2.24) is 5.32 Å². The van der Waals surface area contributed by atoms with Crippen molar-refractivity contribution in [2.45, 2.75) is 19.8 Å². The number of hydrogen-bond acceptors (Lipinski definition) is 2. The predicted octanol–water partition coefficient (Wildman–Crippen LogP) is 0.348. The van der Waals surface area contributed by atoms with Gasteiger partial charge in [-0.05, 0) is 6.42 Å². The third kappa shape index (κ3) is 3.22. The van der Waals surface area contributed by atoms with Crippen LogP contribution in [0.5, 0.6) is 0 Å². The van der Waals surface area contributed by atoms with Crippen molar-refractivity contribution in [1.29, 1.82) is 0 Å². The molecule has 1 atom stereocenters. The molecule has 0 spiro atoms. The van der Waals surface area contributed by atoms with E-state index in [1.807, 2.05) is 6.92 Å². The largest absolute Gasteiger partial charge is 0.359 e. The number of amides is 1. The molecule has 58 valence electrons. The molecule has 0 radical (unpaired) electrons. The summed E-state index contributed by atoms with van der Waals surface area (Å²) in [5.74, 6) is -0.0444. The predicted molar refractivity (Wildman–Crippen MR) is 38.5 cm³/mol. The van der Waals surface area contributed by atoms with Crippen LogP contribution < -0.4 is 5.32 Å². The van der Waals surface area contributed by atoms with E-state index in [1.54, 1.807) is 7.05 Å². The van der Waals surface area contributed by atoms with E-state index in [-0.39, 0.29) is 11.8 Å². The lowest BCUT2D eigenvalue weighted by atomic mass is 10.1. The monoisotopic (exact) mass is 143 g/mol. The van der Waals surface area contributed by atoms with Crippen LogP contribution in [0.15, 0.2) is 0 Å². The zero-order valence-corrected chi connectivity index (χ0v) is 6.39. The average Bonchev–Trinajstić information content (AvgIpc) is 1.98. The summed E-state index contributed by atoms with van der Waals surface area (Å²) in [6.45, 7) is 1.81. The molecule has 3 nitrogen and oxygen atoms in total. The van der Waals surface area contributed by atoms with Gasteiger partial charge in [0.2, 0.25) is 5.91 Å². The first-order valence-corrected chi connectivity index (χ1v) is 3.37. The fourth-order valence-electron chi connectivity index (χ4n) is 0.696. The standard InChI is InChI=1S/C7H13NO2/c1-6(4-3-5-9)7(10)8-2/h5-6H,3-4H2,1-2H3,(H,8,10). The van der Waals surface area contributed by atoms with Crippen molar-refractivity contribution in [3.63, 3.8) is 0 Å².